The average Bonchev–Trinajstić information content (AvgIpc) is 3.07. The van der Waals surface area contributed by atoms with Gasteiger partial charge in [-0.2, -0.15) is 4.98 Å². The number of likely N-dealkylation sites (tertiary alicyclic amines) is 1. The summed E-state index contributed by atoms with van der Waals surface area (Å²) in [7, 11) is 0. The molecule has 0 N–H and O–H groups in total. The van der Waals surface area contributed by atoms with Crippen LogP contribution in [0, 0.1) is 5.92 Å². The van der Waals surface area contributed by atoms with Crippen LogP contribution < -0.4 is 0 Å². The molecule has 2 atom stereocenters. The fraction of sp³-hybridized carbons (Fsp3) is 0.812. The Labute approximate surface area is 125 Å². The lowest BCUT2D eigenvalue weighted by Crippen LogP contribution is -2.40. The lowest BCUT2D eigenvalue weighted by atomic mass is 9.82. The van der Waals surface area contributed by atoms with Crippen molar-refractivity contribution in [2.75, 3.05) is 6.54 Å². The Morgan fingerprint density at radius 3 is 2.86 bits per heavy atom. The highest BCUT2D eigenvalue weighted by atomic mass is 16.5. The van der Waals surface area contributed by atoms with Gasteiger partial charge in [-0.15, -0.1) is 0 Å². The van der Waals surface area contributed by atoms with E-state index in [1.807, 2.05) is 0 Å². The molecule has 4 rings (SSSR count). The van der Waals surface area contributed by atoms with E-state index in [2.05, 4.69) is 15.0 Å². The van der Waals surface area contributed by atoms with Crippen LogP contribution >= 0.6 is 0 Å². The summed E-state index contributed by atoms with van der Waals surface area (Å²) in [6.07, 6.45) is 8.84. The molecule has 3 aliphatic rings. The molecule has 5 nitrogen and oxygen atoms in total. The molecule has 1 aromatic rings. The van der Waals surface area contributed by atoms with Crippen molar-refractivity contribution < 1.29 is 9.32 Å². The highest BCUT2D eigenvalue weighted by Gasteiger charge is 2.37. The molecular weight excluding hydrogens is 266 g/mol. The first-order valence-electron chi connectivity index (χ1n) is 8.40. The highest BCUT2D eigenvalue weighted by Crippen LogP contribution is 2.38. The van der Waals surface area contributed by atoms with Gasteiger partial charge >= 0.3 is 0 Å². The SMILES string of the molecule is O=C1CCCCC1C1CCCN1Cc1nc(C2CC2)no1. The Bertz CT molecular complexity index is 523. The van der Waals surface area contributed by atoms with Crippen molar-refractivity contribution >= 4 is 5.78 Å². The van der Waals surface area contributed by atoms with E-state index >= 15 is 0 Å². The first-order valence-corrected chi connectivity index (χ1v) is 8.40. The van der Waals surface area contributed by atoms with Gasteiger partial charge in [0.2, 0.25) is 5.89 Å². The fourth-order valence-electron chi connectivity index (χ4n) is 3.93. The van der Waals surface area contributed by atoms with Crippen LogP contribution in [0.15, 0.2) is 4.52 Å². The monoisotopic (exact) mass is 289 g/mol. The minimum atomic E-state index is 0.243. The summed E-state index contributed by atoms with van der Waals surface area (Å²) in [4.78, 5) is 19.1. The quantitative estimate of drug-likeness (QED) is 0.853. The minimum absolute atomic E-state index is 0.243. The molecule has 2 saturated carbocycles. The summed E-state index contributed by atoms with van der Waals surface area (Å²) in [6, 6.07) is 0.397. The molecule has 0 radical (unpaired) electrons. The number of rotatable bonds is 4. The number of carbonyl (C=O) groups excluding carboxylic acids is 1. The molecule has 114 valence electrons. The standard InChI is InChI=1S/C16H23N3O2/c20-14-6-2-1-4-12(14)13-5-3-9-19(13)10-15-17-16(18-21-15)11-7-8-11/h11-13H,1-10H2. The lowest BCUT2D eigenvalue weighted by Gasteiger charge is -2.32. The molecule has 0 spiro atoms. The third kappa shape index (κ3) is 2.76. The Morgan fingerprint density at radius 1 is 1.14 bits per heavy atom. The molecular formula is C16H23N3O2. The van der Waals surface area contributed by atoms with E-state index in [0.717, 1.165) is 43.9 Å². The van der Waals surface area contributed by atoms with Crippen molar-refractivity contribution in [1.29, 1.82) is 0 Å². The zero-order valence-electron chi connectivity index (χ0n) is 12.5. The van der Waals surface area contributed by atoms with Gasteiger partial charge in [0.1, 0.15) is 5.78 Å². The predicted octanol–water partition coefficient (Wildman–Crippen LogP) is 2.67. The number of ketones is 1. The van der Waals surface area contributed by atoms with Gasteiger partial charge in [0, 0.05) is 24.3 Å². The van der Waals surface area contributed by atoms with Crippen LogP contribution in [-0.2, 0) is 11.3 Å². The molecule has 3 fully saturated rings. The largest absolute Gasteiger partial charge is 0.338 e. The summed E-state index contributed by atoms with van der Waals surface area (Å²) < 4.78 is 5.40. The zero-order valence-corrected chi connectivity index (χ0v) is 12.5. The van der Waals surface area contributed by atoms with Gasteiger partial charge in [0.25, 0.3) is 0 Å². The van der Waals surface area contributed by atoms with E-state index in [4.69, 9.17) is 4.52 Å². The fourth-order valence-corrected chi connectivity index (χ4v) is 3.93. The van der Waals surface area contributed by atoms with E-state index < -0.39 is 0 Å². The summed E-state index contributed by atoms with van der Waals surface area (Å²) in [5.41, 5.74) is 0. The molecule has 5 heteroatoms. The van der Waals surface area contributed by atoms with Crippen molar-refractivity contribution in [3.63, 3.8) is 0 Å². The van der Waals surface area contributed by atoms with Gasteiger partial charge in [-0.25, -0.2) is 0 Å². The summed E-state index contributed by atoms with van der Waals surface area (Å²) in [5.74, 6) is 2.87. The highest BCUT2D eigenvalue weighted by molar-refractivity contribution is 5.82. The maximum Gasteiger partial charge on any atom is 0.240 e. The number of Topliss-reactive ketones (excluding diaryl/α,β-unsaturated/α-hetero) is 1. The van der Waals surface area contributed by atoms with E-state index in [9.17, 15) is 4.79 Å². The van der Waals surface area contributed by atoms with E-state index in [-0.39, 0.29) is 5.92 Å². The van der Waals surface area contributed by atoms with Gasteiger partial charge in [0.05, 0.1) is 6.54 Å². The van der Waals surface area contributed by atoms with E-state index in [1.165, 1.54) is 25.7 Å². The number of aromatic nitrogens is 2. The molecule has 0 bridgehead atoms. The van der Waals surface area contributed by atoms with Crippen molar-refractivity contribution in [1.82, 2.24) is 15.0 Å². The molecule has 0 aromatic carbocycles. The Kier molecular flexibility index (Phi) is 3.53. The van der Waals surface area contributed by atoms with Gasteiger partial charge in [-0.05, 0) is 45.1 Å². The lowest BCUT2D eigenvalue weighted by molar-refractivity contribution is -0.126. The van der Waals surface area contributed by atoms with Gasteiger partial charge in [0.15, 0.2) is 5.82 Å². The predicted molar refractivity (Wildman–Crippen MR) is 76.7 cm³/mol. The Balaban J connectivity index is 1.43. The summed E-state index contributed by atoms with van der Waals surface area (Å²) >= 11 is 0. The molecule has 1 aliphatic heterocycles. The second-order valence-corrected chi connectivity index (χ2v) is 6.82. The van der Waals surface area contributed by atoms with Gasteiger partial charge in [-0.3, -0.25) is 9.69 Å². The molecule has 0 amide bonds. The van der Waals surface area contributed by atoms with E-state index in [0.29, 0.717) is 24.3 Å². The molecule has 2 unspecified atom stereocenters. The maximum absolute atomic E-state index is 12.2. The van der Waals surface area contributed by atoms with Crippen molar-refractivity contribution in [3.8, 4) is 0 Å². The van der Waals surface area contributed by atoms with Crippen LogP contribution in [-0.4, -0.2) is 33.4 Å². The van der Waals surface area contributed by atoms with Crippen molar-refractivity contribution in [2.24, 2.45) is 5.92 Å². The first kappa shape index (κ1) is 13.4. The summed E-state index contributed by atoms with van der Waals surface area (Å²) in [6.45, 7) is 1.77. The zero-order chi connectivity index (χ0) is 14.2. The van der Waals surface area contributed by atoms with E-state index in [1.54, 1.807) is 0 Å². The van der Waals surface area contributed by atoms with Crippen molar-refractivity contribution in [2.45, 2.75) is 69.9 Å². The normalized spacial score (nSPS) is 31.0. The van der Waals surface area contributed by atoms with Crippen LogP contribution in [0.3, 0.4) is 0 Å². The number of carbonyl (C=O) groups is 1. The topological polar surface area (TPSA) is 59.2 Å². The number of nitrogens with zero attached hydrogens (tertiary/aromatic N) is 3. The van der Waals surface area contributed by atoms with Crippen LogP contribution in [0.2, 0.25) is 0 Å². The Morgan fingerprint density at radius 2 is 2.05 bits per heavy atom. The first-order chi connectivity index (χ1) is 10.3. The van der Waals surface area contributed by atoms with Crippen LogP contribution in [0.4, 0.5) is 0 Å². The van der Waals surface area contributed by atoms with Gasteiger partial charge in [-0.1, -0.05) is 11.6 Å². The van der Waals surface area contributed by atoms with Crippen molar-refractivity contribution in [3.05, 3.63) is 11.7 Å². The molecule has 1 saturated heterocycles. The molecule has 21 heavy (non-hydrogen) atoms. The Hall–Kier alpha value is -1.23. The minimum Gasteiger partial charge on any atom is -0.338 e. The maximum atomic E-state index is 12.2. The molecule has 2 aliphatic carbocycles. The molecule has 2 heterocycles. The second kappa shape index (κ2) is 5.52. The third-order valence-corrected chi connectivity index (χ3v) is 5.25. The second-order valence-electron chi connectivity index (χ2n) is 6.82. The van der Waals surface area contributed by atoms with Crippen LogP contribution in [0.1, 0.15) is 69.0 Å². The molecule has 1 aromatic heterocycles. The van der Waals surface area contributed by atoms with Crippen LogP contribution in [0.25, 0.3) is 0 Å². The summed E-state index contributed by atoms with van der Waals surface area (Å²) in [5, 5.41) is 4.09. The third-order valence-electron chi connectivity index (χ3n) is 5.25. The van der Waals surface area contributed by atoms with Crippen LogP contribution in [0.5, 0.6) is 0 Å². The van der Waals surface area contributed by atoms with Gasteiger partial charge < -0.3 is 4.52 Å². The number of hydrogen-bond donors (Lipinski definition) is 0. The smallest absolute Gasteiger partial charge is 0.240 e. The number of hydrogen-bond acceptors (Lipinski definition) is 5. The average molecular weight is 289 g/mol.